The van der Waals surface area contributed by atoms with E-state index in [0.717, 1.165) is 11.1 Å². The molecule has 1 N–H and O–H groups in total. The summed E-state index contributed by atoms with van der Waals surface area (Å²) in [6.07, 6.45) is -4.61. The fraction of sp³-hybridized carbons (Fsp3) is 0.533. The Kier molecular flexibility index (Phi) is 3.34. The third kappa shape index (κ3) is 2.71. The largest absolute Gasteiger partial charge is 0.465 e. The summed E-state index contributed by atoms with van der Waals surface area (Å²) in [5.41, 5.74) is 2.01. The van der Waals surface area contributed by atoms with Gasteiger partial charge in [0.25, 0.3) is 0 Å². The quantitative estimate of drug-likeness (QED) is 0.902. The van der Waals surface area contributed by atoms with Gasteiger partial charge in [0, 0.05) is 19.0 Å². The molecule has 1 aromatic carbocycles. The van der Waals surface area contributed by atoms with E-state index in [1.807, 2.05) is 24.3 Å². The van der Waals surface area contributed by atoms with Crippen molar-refractivity contribution in [3.63, 3.8) is 0 Å². The highest BCUT2D eigenvalue weighted by Gasteiger charge is 2.48. The van der Waals surface area contributed by atoms with Crippen LogP contribution in [0.15, 0.2) is 24.3 Å². The van der Waals surface area contributed by atoms with Gasteiger partial charge in [0.15, 0.2) is 0 Å². The van der Waals surface area contributed by atoms with Gasteiger partial charge < -0.3 is 10.0 Å². The van der Waals surface area contributed by atoms with Crippen molar-refractivity contribution in [1.29, 1.82) is 0 Å². The predicted octanol–water partition coefficient (Wildman–Crippen LogP) is 3.82. The summed E-state index contributed by atoms with van der Waals surface area (Å²) in [6.45, 7) is 0.989. The Hall–Kier alpha value is -1.72. The van der Waals surface area contributed by atoms with Gasteiger partial charge in [0.2, 0.25) is 0 Å². The van der Waals surface area contributed by atoms with Crippen molar-refractivity contribution in [2.24, 2.45) is 5.92 Å². The van der Waals surface area contributed by atoms with Crippen LogP contribution in [0.4, 0.5) is 18.0 Å². The number of alkyl halides is 3. The Labute approximate surface area is 120 Å². The van der Waals surface area contributed by atoms with Crippen molar-refractivity contribution in [2.45, 2.75) is 30.9 Å². The van der Waals surface area contributed by atoms with E-state index in [1.54, 1.807) is 0 Å². The monoisotopic (exact) mass is 299 g/mol. The standard InChI is InChI=1S/C15H16F3NO2/c16-15(17,18)13-5-11(6-13)9-1-3-10(4-2-9)12-7-19(8-12)14(20)21/h1-4,11-13H,5-8H2,(H,20,21). The van der Waals surface area contributed by atoms with Crippen molar-refractivity contribution in [3.05, 3.63) is 35.4 Å². The summed E-state index contributed by atoms with van der Waals surface area (Å²) in [5.74, 6) is -0.944. The minimum atomic E-state index is -4.07. The van der Waals surface area contributed by atoms with Gasteiger partial charge in [-0.2, -0.15) is 13.2 Å². The first-order valence-electron chi connectivity index (χ1n) is 6.99. The van der Waals surface area contributed by atoms with E-state index in [1.165, 1.54) is 4.90 Å². The molecule has 0 radical (unpaired) electrons. The summed E-state index contributed by atoms with van der Waals surface area (Å²) in [6, 6.07) is 7.60. The van der Waals surface area contributed by atoms with Gasteiger partial charge in [-0.05, 0) is 29.9 Å². The molecule has 1 heterocycles. The Balaban J connectivity index is 1.56. The van der Waals surface area contributed by atoms with Crippen LogP contribution >= 0.6 is 0 Å². The topological polar surface area (TPSA) is 40.5 Å². The second-order valence-electron chi connectivity index (χ2n) is 5.96. The van der Waals surface area contributed by atoms with Crippen molar-refractivity contribution < 1.29 is 23.1 Å². The Morgan fingerprint density at radius 1 is 1.05 bits per heavy atom. The van der Waals surface area contributed by atoms with Crippen LogP contribution < -0.4 is 0 Å². The van der Waals surface area contributed by atoms with E-state index in [0.29, 0.717) is 13.1 Å². The van der Waals surface area contributed by atoms with Crippen LogP contribution in [0.2, 0.25) is 0 Å². The molecule has 3 nitrogen and oxygen atoms in total. The molecular formula is C15H16F3NO2. The summed E-state index contributed by atoms with van der Waals surface area (Å²) in [5, 5.41) is 8.78. The predicted molar refractivity (Wildman–Crippen MR) is 70.3 cm³/mol. The molecule has 2 aliphatic rings. The number of nitrogens with zero attached hydrogens (tertiary/aromatic N) is 1. The zero-order valence-corrected chi connectivity index (χ0v) is 11.3. The number of halogens is 3. The Morgan fingerprint density at radius 2 is 1.52 bits per heavy atom. The van der Waals surface area contributed by atoms with Crippen LogP contribution in [0.25, 0.3) is 0 Å². The van der Waals surface area contributed by atoms with Crippen LogP contribution in [-0.4, -0.2) is 35.4 Å². The molecule has 1 amide bonds. The molecule has 1 saturated heterocycles. The van der Waals surface area contributed by atoms with Gasteiger partial charge in [-0.25, -0.2) is 4.79 Å². The number of carboxylic acid groups (broad SMARTS) is 1. The molecule has 1 saturated carbocycles. The van der Waals surface area contributed by atoms with Gasteiger partial charge in [-0.3, -0.25) is 0 Å². The molecule has 0 unspecified atom stereocenters. The lowest BCUT2D eigenvalue weighted by Gasteiger charge is -2.38. The molecule has 3 rings (SSSR count). The lowest BCUT2D eigenvalue weighted by atomic mass is 9.71. The average molecular weight is 299 g/mol. The molecule has 0 bridgehead atoms. The summed E-state index contributed by atoms with van der Waals surface area (Å²) in [7, 11) is 0. The molecule has 0 atom stereocenters. The summed E-state index contributed by atoms with van der Waals surface area (Å²) >= 11 is 0. The lowest BCUT2D eigenvalue weighted by molar-refractivity contribution is -0.197. The van der Waals surface area contributed by atoms with Crippen LogP contribution in [-0.2, 0) is 0 Å². The van der Waals surface area contributed by atoms with Crippen LogP contribution in [0.5, 0.6) is 0 Å². The number of hydrogen-bond donors (Lipinski definition) is 1. The molecule has 114 valence electrons. The van der Waals surface area contributed by atoms with E-state index in [2.05, 4.69) is 0 Å². The van der Waals surface area contributed by atoms with E-state index < -0.39 is 18.2 Å². The normalized spacial score (nSPS) is 26.1. The van der Waals surface area contributed by atoms with Crippen molar-refractivity contribution >= 4 is 6.09 Å². The molecular weight excluding hydrogens is 283 g/mol. The molecule has 2 fully saturated rings. The van der Waals surface area contributed by atoms with E-state index in [9.17, 15) is 18.0 Å². The van der Waals surface area contributed by atoms with E-state index in [4.69, 9.17) is 5.11 Å². The first-order valence-corrected chi connectivity index (χ1v) is 6.99. The smallest absolute Gasteiger partial charge is 0.407 e. The zero-order valence-electron chi connectivity index (χ0n) is 11.3. The zero-order chi connectivity index (χ0) is 15.2. The third-order valence-electron chi connectivity index (χ3n) is 4.63. The highest BCUT2D eigenvalue weighted by atomic mass is 19.4. The van der Waals surface area contributed by atoms with Gasteiger partial charge >= 0.3 is 12.3 Å². The minimum Gasteiger partial charge on any atom is -0.465 e. The van der Waals surface area contributed by atoms with E-state index >= 15 is 0 Å². The number of carbonyl (C=O) groups is 1. The number of benzene rings is 1. The fourth-order valence-corrected chi connectivity index (χ4v) is 3.04. The van der Waals surface area contributed by atoms with Gasteiger partial charge in [-0.15, -0.1) is 0 Å². The highest BCUT2D eigenvalue weighted by molar-refractivity contribution is 5.66. The lowest BCUT2D eigenvalue weighted by Crippen LogP contribution is -2.47. The van der Waals surface area contributed by atoms with Gasteiger partial charge in [0.05, 0.1) is 5.92 Å². The third-order valence-corrected chi connectivity index (χ3v) is 4.63. The summed E-state index contributed by atoms with van der Waals surface area (Å²) in [4.78, 5) is 12.0. The second-order valence-corrected chi connectivity index (χ2v) is 5.96. The Morgan fingerprint density at radius 3 is 1.95 bits per heavy atom. The molecule has 0 aromatic heterocycles. The molecule has 6 heteroatoms. The Bertz CT molecular complexity index is 529. The van der Waals surface area contributed by atoms with Gasteiger partial charge in [-0.1, -0.05) is 24.3 Å². The van der Waals surface area contributed by atoms with Crippen LogP contribution in [0.1, 0.15) is 35.8 Å². The second kappa shape index (κ2) is 4.93. The van der Waals surface area contributed by atoms with Crippen molar-refractivity contribution in [2.75, 3.05) is 13.1 Å². The first kappa shape index (κ1) is 14.2. The van der Waals surface area contributed by atoms with Crippen LogP contribution in [0.3, 0.4) is 0 Å². The van der Waals surface area contributed by atoms with E-state index in [-0.39, 0.29) is 24.7 Å². The SMILES string of the molecule is O=C(O)N1CC(c2ccc(C3CC(C(F)(F)F)C3)cc2)C1. The van der Waals surface area contributed by atoms with Gasteiger partial charge in [0.1, 0.15) is 0 Å². The minimum absolute atomic E-state index is 0.00239. The maximum Gasteiger partial charge on any atom is 0.407 e. The maximum atomic E-state index is 12.5. The maximum absolute atomic E-state index is 12.5. The fourth-order valence-electron chi connectivity index (χ4n) is 3.04. The molecule has 1 aliphatic carbocycles. The van der Waals surface area contributed by atoms with Crippen molar-refractivity contribution in [1.82, 2.24) is 4.90 Å². The number of hydrogen-bond acceptors (Lipinski definition) is 1. The number of likely N-dealkylation sites (tertiary alicyclic amines) is 1. The molecule has 0 spiro atoms. The number of rotatable bonds is 2. The van der Waals surface area contributed by atoms with Crippen LogP contribution in [0, 0.1) is 5.92 Å². The average Bonchev–Trinajstić information content (AvgIpc) is 2.24. The molecule has 1 aliphatic heterocycles. The molecule has 1 aromatic rings. The number of amides is 1. The molecule has 21 heavy (non-hydrogen) atoms. The van der Waals surface area contributed by atoms with Crippen molar-refractivity contribution in [3.8, 4) is 0 Å². The summed E-state index contributed by atoms with van der Waals surface area (Å²) < 4.78 is 37.4. The first-order chi connectivity index (χ1) is 9.84. The highest BCUT2D eigenvalue weighted by Crippen LogP contribution is 2.49.